The molecule has 1 aromatic heterocycles. The number of nitrogens with one attached hydrogen (secondary N) is 1. The van der Waals surface area contributed by atoms with Gasteiger partial charge in [0.05, 0.1) is 0 Å². The van der Waals surface area contributed by atoms with E-state index in [-0.39, 0.29) is 11.6 Å². The molecule has 0 spiro atoms. The Morgan fingerprint density at radius 1 is 1.19 bits per heavy atom. The van der Waals surface area contributed by atoms with Crippen molar-refractivity contribution in [3.63, 3.8) is 0 Å². The summed E-state index contributed by atoms with van der Waals surface area (Å²) in [7, 11) is 0. The highest BCUT2D eigenvalue weighted by atomic mass is 19.1. The van der Waals surface area contributed by atoms with Crippen molar-refractivity contribution in [1.29, 1.82) is 0 Å². The van der Waals surface area contributed by atoms with Crippen LogP contribution < -0.4 is 0 Å². The molecule has 0 aliphatic heterocycles. The van der Waals surface area contributed by atoms with Crippen molar-refractivity contribution in [2.24, 2.45) is 0 Å². The van der Waals surface area contributed by atoms with Gasteiger partial charge in [0.15, 0.2) is 5.78 Å². The number of rotatable bonds is 3. The fraction of sp³-hybridized carbons (Fsp3) is 0.167. The smallest absolute Gasteiger partial charge is 0.195 e. The number of hydrogen-bond donors (Lipinski definition) is 1. The Morgan fingerprint density at radius 2 is 2.00 bits per heavy atom. The van der Waals surface area contributed by atoms with Crippen molar-refractivity contribution >= 4 is 16.7 Å². The van der Waals surface area contributed by atoms with Gasteiger partial charge in [0, 0.05) is 28.2 Å². The van der Waals surface area contributed by atoms with E-state index in [9.17, 15) is 9.18 Å². The monoisotopic (exact) mass is 281 g/mol. The summed E-state index contributed by atoms with van der Waals surface area (Å²) in [5, 5.41) is 0.920. The molecule has 3 rings (SSSR count). The van der Waals surface area contributed by atoms with Crippen LogP contribution in [0, 0.1) is 12.7 Å². The van der Waals surface area contributed by atoms with Gasteiger partial charge < -0.3 is 4.98 Å². The molecule has 2 nitrogen and oxygen atoms in total. The number of benzene rings is 2. The molecule has 0 aliphatic carbocycles. The number of halogens is 1. The quantitative estimate of drug-likeness (QED) is 0.709. The molecule has 0 saturated carbocycles. The molecule has 0 radical (unpaired) electrons. The fourth-order valence-corrected chi connectivity index (χ4v) is 2.73. The molecule has 0 bridgehead atoms. The first-order valence-electron chi connectivity index (χ1n) is 7.01. The third-order valence-corrected chi connectivity index (χ3v) is 3.86. The summed E-state index contributed by atoms with van der Waals surface area (Å²) in [5.74, 6) is -0.400. The van der Waals surface area contributed by atoms with Gasteiger partial charge in [-0.15, -0.1) is 0 Å². The van der Waals surface area contributed by atoms with E-state index >= 15 is 0 Å². The highest BCUT2D eigenvalue weighted by Crippen LogP contribution is 2.25. The Morgan fingerprint density at radius 3 is 2.71 bits per heavy atom. The van der Waals surface area contributed by atoms with Crippen molar-refractivity contribution in [2.45, 2.75) is 20.3 Å². The second-order valence-electron chi connectivity index (χ2n) is 5.18. The molecule has 2 aromatic carbocycles. The zero-order valence-electron chi connectivity index (χ0n) is 12.0. The van der Waals surface area contributed by atoms with Crippen LogP contribution in [0.5, 0.6) is 0 Å². The van der Waals surface area contributed by atoms with E-state index in [1.54, 1.807) is 19.2 Å². The average molecular weight is 281 g/mol. The number of para-hydroxylation sites is 1. The summed E-state index contributed by atoms with van der Waals surface area (Å²) < 4.78 is 13.2. The maximum absolute atomic E-state index is 13.2. The number of aryl methyl sites for hydroxylation is 2. The Balaban J connectivity index is 2.14. The number of hydrogen-bond acceptors (Lipinski definition) is 1. The number of H-pyrrole nitrogens is 1. The van der Waals surface area contributed by atoms with Crippen LogP contribution in [0.15, 0.2) is 42.6 Å². The number of carbonyl (C=O) groups is 1. The summed E-state index contributed by atoms with van der Waals surface area (Å²) in [5.41, 5.74) is 4.01. The van der Waals surface area contributed by atoms with Gasteiger partial charge in [0.1, 0.15) is 5.82 Å². The van der Waals surface area contributed by atoms with Gasteiger partial charge in [-0.25, -0.2) is 4.39 Å². The lowest BCUT2D eigenvalue weighted by molar-refractivity contribution is 0.103. The number of carbonyl (C=O) groups excluding carboxylic acids is 1. The fourth-order valence-electron chi connectivity index (χ4n) is 2.73. The molecule has 21 heavy (non-hydrogen) atoms. The minimum absolute atomic E-state index is 0.0768. The summed E-state index contributed by atoms with van der Waals surface area (Å²) in [6.45, 7) is 3.84. The topological polar surface area (TPSA) is 32.9 Å². The largest absolute Gasteiger partial charge is 0.360 e. The van der Waals surface area contributed by atoms with Crippen molar-refractivity contribution < 1.29 is 9.18 Å². The van der Waals surface area contributed by atoms with Gasteiger partial charge in [-0.2, -0.15) is 0 Å². The molecule has 3 heteroatoms. The van der Waals surface area contributed by atoms with E-state index in [0.29, 0.717) is 16.7 Å². The van der Waals surface area contributed by atoms with Crippen LogP contribution in [0.25, 0.3) is 10.9 Å². The Bertz CT molecular complexity index is 832. The van der Waals surface area contributed by atoms with Crippen LogP contribution in [0.3, 0.4) is 0 Å². The third-order valence-electron chi connectivity index (χ3n) is 3.86. The van der Waals surface area contributed by atoms with Crippen molar-refractivity contribution in [3.05, 3.63) is 70.7 Å². The Hall–Kier alpha value is -2.42. The van der Waals surface area contributed by atoms with Crippen LogP contribution >= 0.6 is 0 Å². The molecular formula is C18H16FNO. The second kappa shape index (κ2) is 5.17. The lowest BCUT2D eigenvalue weighted by Crippen LogP contribution is -2.03. The van der Waals surface area contributed by atoms with Crippen LogP contribution in [-0.2, 0) is 6.42 Å². The maximum Gasteiger partial charge on any atom is 0.195 e. The second-order valence-corrected chi connectivity index (χ2v) is 5.18. The minimum Gasteiger partial charge on any atom is -0.360 e. The lowest BCUT2D eigenvalue weighted by Gasteiger charge is -2.05. The molecule has 0 aliphatic rings. The average Bonchev–Trinajstić information content (AvgIpc) is 2.90. The van der Waals surface area contributed by atoms with Gasteiger partial charge in [-0.3, -0.25) is 4.79 Å². The third kappa shape index (κ3) is 2.25. The van der Waals surface area contributed by atoms with Gasteiger partial charge in [-0.05, 0) is 42.7 Å². The van der Waals surface area contributed by atoms with Gasteiger partial charge in [0.2, 0.25) is 0 Å². The molecule has 0 atom stereocenters. The summed E-state index contributed by atoms with van der Waals surface area (Å²) in [4.78, 5) is 15.9. The Kier molecular flexibility index (Phi) is 3.34. The summed E-state index contributed by atoms with van der Waals surface area (Å²) >= 11 is 0. The molecule has 1 N–H and O–H groups in total. The van der Waals surface area contributed by atoms with E-state index in [4.69, 9.17) is 0 Å². The number of ketones is 1. The highest BCUT2D eigenvalue weighted by Gasteiger charge is 2.17. The molecule has 0 amide bonds. The summed E-state index contributed by atoms with van der Waals surface area (Å²) in [6, 6.07) is 10.2. The first-order chi connectivity index (χ1) is 10.1. The van der Waals surface area contributed by atoms with Crippen molar-refractivity contribution in [2.75, 3.05) is 0 Å². The number of fused-ring (bicyclic) bond motifs is 1. The Labute approximate surface area is 122 Å². The van der Waals surface area contributed by atoms with Gasteiger partial charge in [-0.1, -0.05) is 25.1 Å². The van der Waals surface area contributed by atoms with E-state index in [1.807, 2.05) is 12.1 Å². The molecule has 1 heterocycles. The van der Waals surface area contributed by atoms with Crippen LogP contribution in [0.1, 0.15) is 34.0 Å². The van der Waals surface area contributed by atoms with Crippen LogP contribution in [-0.4, -0.2) is 10.8 Å². The molecule has 3 aromatic rings. The number of aromatic nitrogens is 1. The molecule has 0 fully saturated rings. The maximum atomic E-state index is 13.2. The molecule has 106 valence electrons. The van der Waals surface area contributed by atoms with Gasteiger partial charge in [0.25, 0.3) is 0 Å². The van der Waals surface area contributed by atoms with Crippen LogP contribution in [0.4, 0.5) is 4.39 Å². The number of aromatic amines is 1. The molecule has 0 unspecified atom stereocenters. The predicted molar refractivity (Wildman–Crippen MR) is 82.2 cm³/mol. The first-order valence-corrected chi connectivity index (χ1v) is 7.01. The van der Waals surface area contributed by atoms with Crippen molar-refractivity contribution in [1.82, 2.24) is 4.98 Å². The standard InChI is InChI=1S/C18H16FNO/c1-3-12-5-4-6-15-16(10-20-17(12)15)18(21)14-8-7-13(19)9-11(14)2/h4-10,20H,3H2,1-2H3. The SMILES string of the molecule is CCc1cccc2c(C(=O)c3ccc(F)cc3C)c[nH]c12. The van der Waals surface area contributed by atoms with E-state index in [1.165, 1.54) is 17.7 Å². The normalized spacial score (nSPS) is 11.0. The zero-order valence-corrected chi connectivity index (χ0v) is 12.0. The predicted octanol–water partition coefficient (Wildman–Crippen LogP) is 4.41. The zero-order chi connectivity index (χ0) is 15.0. The summed E-state index contributed by atoms with van der Waals surface area (Å²) in [6.07, 6.45) is 2.65. The highest BCUT2D eigenvalue weighted by molar-refractivity contribution is 6.17. The minimum atomic E-state index is -0.323. The first kappa shape index (κ1) is 13.6. The van der Waals surface area contributed by atoms with E-state index < -0.39 is 0 Å². The van der Waals surface area contributed by atoms with Crippen molar-refractivity contribution in [3.8, 4) is 0 Å². The van der Waals surface area contributed by atoms with Gasteiger partial charge >= 0.3 is 0 Å². The molecule has 0 saturated heterocycles. The van der Waals surface area contributed by atoms with E-state index in [0.717, 1.165) is 17.3 Å². The lowest BCUT2D eigenvalue weighted by atomic mass is 9.98. The van der Waals surface area contributed by atoms with E-state index in [2.05, 4.69) is 18.0 Å². The van der Waals surface area contributed by atoms with Crippen LogP contribution in [0.2, 0.25) is 0 Å². The molecular weight excluding hydrogens is 265 g/mol.